The van der Waals surface area contributed by atoms with Crippen LogP contribution in [0, 0.1) is 0 Å². The molecule has 1 fully saturated rings. The molecule has 0 radical (unpaired) electrons. The number of nitrogens with zero attached hydrogens (tertiary/aromatic N) is 2. The van der Waals surface area contributed by atoms with Crippen molar-refractivity contribution in [1.82, 2.24) is 20.4 Å². The molecule has 2 aliphatic rings. The number of halogens is 2. The molecule has 2 N–H and O–H groups in total. The van der Waals surface area contributed by atoms with Crippen LogP contribution >= 0.6 is 23.2 Å². The molecule has 3 rings (SSSR count). The Balaban J connectivity index is 2.11. The molecule has 2 heterocycles. The molecule has 0 bridgehead atoms. The number of hydrogen-bond donors (Lipinski definition) is 2. The minimum Gasteiger partial charge on any atom is -0.463 e. The number of ether oxygens (including phenoxy) is 1. The molecule has 0 aromatic heterocycles. The minimum absolute atomic E-state index is 0.229. The summed E-state index contributed by atoms with van der Waals surface area (Å²) in [5.74, 6) is -0.462. The molecule has 0 aliphatic carbocycles. The van der Waals surface area contributed by atoms with Crippen molar-refractivity contribution in [3.05, 3.63) is 57.7 Å². The average Bonchev–Trinajstić information content (AvgIpc) is 3.01. The topological polar surface area (TPSA) is 73.9 Å². The Bertz CT molecular complexity index is 866. The molecule has 0 saturated carbocycles. The van der Waals surface area contributed by atoms with Gasteiger partial charge in [0.1, 0.15) is 0 Å². The van der Waals surface area contributed by atoms with E-state index in [1.807, 2.05) is 0 Å². The van der Waals surface area contributed by atoms with Gasteiger partial charge in [-0.3, -0.25) is 9.80 Å². The monoisotopic (exact) mass is 466 g/mol. The second-order valence-electron chi connectivity index (χ2n) is 7.42. The lowest BCUT2D eigenvalue weighted by molar-refractivity contribution is -0.139. The maximum Gasteiger partial charge on any atom is 0.338 e. The van der Waals surface area contributed by atoms with Gasteiger partial charge in [0.05, 0.1) is 28.3 Å². The number of hydrogen-bond acceptors (Lipinski definition) is 5. The Morgan fingerprint density at radius 2 is 2.10 bits per heavy atom. The van der Waals surface area contributed by atoms with Gasteiger partial charge in [-0.2, -0.15) is 0 Å². The van der Waals surface area contributed by atoms with Crippen molar-refractivity contribution >= 4 is 35.2 Å². The van der Waals surface area contributed by atoms with Crippen molar-refractivity contribution in [3.8, 4) is 0 Å². The normalized spacial score (nSPS) is 20.3. The lowest BCUT2D eigenvalue weighted by atomic mass is 9.94. The summed E-state index contributed by atoms with van der Waals surface area (Å²) in [5.41, 5.74) is 1.69. The Hall–Kier alpha value is -2.06. The average molecular weight is 467 g/mol. The summed E-state index contributed by atoms with van der Waals surface area (Å²) >= 11 is 12.3. The lowest BCUT2D eigenvalue weighted by Crippen LogP contribution is -2.51. The molecule has 31 heavy (non-hydrogen) atoms. The Morgan fingerprint density at radius 3 is 2.81 bits per heavy atom. The lowest BCUT2D eigenvalue weighted by Gasteiger charge is -2.38. The molecular formula is C22H28Cl2N4O3. The molecule has 2 aliphatic heterocycles. The van der Waals surface area contributed by atoms with Crippen LogP contribution in [-0.2, 0) is 9.53 Å². The fourth-order valence-electron chi connectivity index (χ4n) is 3.86. The third-order valence-corrected chi connectivity index (χ3v) is 6.07. The van der Waals surface area contributed by atoms with Crippen LogP contribution in [0.4, 0.5) is 4.79 Å². The molecule has 1 atom stereocenters. The molecular weight excluding hydrogens is 439 g/mol. The van der Waals surface area contributed by atoms with Crippen molar-refractivity contribution in [3.63, 3.8) is 0 Å². The quantitative estimate of drug-likeness (QED) is 0.475. The zero-order chi connectivity index (χ0) is 22.4. The van der Waals surface area contributed by atoms with Crippen LogP contribution in [0.25, 0.3) is 0 Å². The van der Waals surface area contributed by atoms with Crippen LogP contribution in [0.5, 0.6) is 0 Å². The fraction of sp³-hybridized carbons (Fsp3) is 0.455. The highest BCUT2D eigenvalue weighted by molar-refractivity contribution is 6.42. The predicted octanol–water partition coefficient (Wildman–Crippen LogP) is 3.36. The van der Waals surface area contributed by atoms with Gasteiger partial charge >= 0.3 is 12.0 Å². The van der Waals surface area contributed by atoms with Gasteiger partial charge in [-0.1, -0.05) is 35.3 Å². The van der Waals surface area contributed by atoms with E-state index in [4.69, 9.17) is 27.9 Å². The van der Waals surface area contributed by atoms with E-state index in [1.165, 1.54) is 0 Å². The first-order valence-electron chi connectivity index (χ1n) is 10.4. The van der Waals surface area contributed by atoms with Crippen molar-refractivity contribution < 1.29 is 14.3 Å². The summed E-state index contributed by atoms with van der Waals surface area (Å²) in [5, 5.41) is 7.06. The molecule has 2 amide bonds. The molecule has 7 nitrogen and oxygen atoms in total. The molecule has 0 spiro atoms. The molecule has 1 aromatic rings. The Kier molecular flexibility index (Phi) is 8.37. The van der Waals surface area contributed by atoms with Gasteiger partial charge in [0.25, 0.3) is 0 Å². The van der Waals surface area contributed by atoms with Crippen LogP contribution in [-0.4, -0.2) is 67.7 Å². The van der Waals surface area contributed by atoms with E-state index in [1.54, 1.807) is 36.1 Å². The number of carbonyl (C=O) groups is 2. The maximum atomic E-state index is 13.1. The van der Waals surface area contributed by atoms with Crippen LogP contribution in [0.2, 0.25) is 10.0 Å². The fourth-order valence-corrected chi connectivity index (χ4v) is 4.17. The van der Waals surface area contributed by atoms with E-state index < -0.39 is 12.0 Å². The first kappa shape index (κ1) is 23.6. The zero-order valence-electron chi connectivity index (χ0n) is 17.6. The van der Waals surface area contributed by atoms with E-state index in [0.29, 0.717) is 33.4 Å². The van der Waals surface area contributed by atoms with Crippen LogP contribution in [0.3, 0.4) is 0 Å². The summed E-state index contributed by atoms with van der Waals surface area (Å²) in [4.78, 5) is 30.0. The Labute approximate surface area is 193 Å². The molecule has 168 valence electrons. The van der Waals surface area contributed by atoms with Gasteiger partial charge in [-0.15, -0.1) is 6.58 Å². The van der Waals surface area contributed by atoms with Crippen LogP contribution in [0.15, 0.2) is 42.1 Å². The second kappa shape index (κ2) is 11.0. The number of carbonyl (C=O) groups excluding carboxylic acids is 2. The van der Waals surface area contributed by atoms with Gasteiger partial charge in [-0.05, 0) is 44.1 Å². The smallest absolute Gasteiger partial charge is 0.338 e. The number of rotatable bonds is 7. The number of urea groups is 1. The van der Waals surface area contributed by atoms with E-state index in [2.05, 4.69) is 22.1 Å². The summed E-state index contributed by atoms with van der Waals surface area (Å²) in [7, 11) is 0. The van der Waals surface area contributed by atoms with Crippen LogP contribution < -0.4 is 10.6 Å². The van der Waals surface area contributed by atoms with Crippen LogP contribution in [0.1, 0.15) is 24.9 Å². The number of nitrogens with one attached hydrogen (secondary N) is 2. The minimum atomic E-state index is -0.692. The maximum absolute atomic E-state index is 13.1. The van der Waals surface area contributed by atoms with Gasteiger partial charge in [0.2, 0.25) is 0 Å². The zero-order valence-corrected chi connectivity index (χ0v) is 19.1. The van der Waals surface area contributed by atoms with Crippen molar-refractivity contribution in [2.24, 2.45) is 0 Å². The van der Waals surface area contributed by atoms with E-state index in [-0.39, 0.29) is 19.2 Å². The van der Waals surface area contributed by atoms with Gasteiger partial charge in [0, 0.05) is 31.9 Å². The number of benzene rings is 1. The predicted molar refractivity (Wildman–Crippen MR) is 122 cm³/mol. The second-order valence-corrected chi connectivity index (χ2v) is 8.23. The van der Waals surface area contributed by atoms with Gasteiger partial charge < -0.3 is 15.4 Å². The van der Waals surface area contributed by atoms with Gasteiger partial charge in [0.15, 0.2) is 0 Å². The summed E-state index contributed by atoms with van der Waals surface area (Å²) in [6.45, 7) is 9.99. The largest absolute Gasteiger partial charge is 0.463 e. The third kappa shape index (κ3) is 5.60. The van der Waals surface area contributed by atoms with Gasteiger partial charge in [-0.25, -0.2) is 9.59 Å². The van der Waals surface area contributed by atoms with Crippen molar-refractivity contribution in [2.75, 3.05) is 45.9 Å². The van der Waals surface area contributed by atoms with E-state index in [9.17, 15) is 9.59 Å². The summed E-state index contributed by atoms with van der Waals surface area (Å²) < 4.78 is 5.40. The van der Waals surface area contributed by atoms with E-state index in [0.717, 1.165) is 32.6 Å². The SMILES string of the molecule is C=CCN1C(=O)NC(c2ccc(Cl)c(Cl)c2)C(C(=O)OCC)=C1CN1CCCNCC1. The molecule has 1 aromatic carbocycles. The highest BCUT2D eigenvalue weighted by atomic mass is 35.5. The summed E-state index contributed by atoms with van der Waals surface area (Å²) in [6, 6.07) is 4.10. The van der Waals surface area contributed by atoms with Crippen molar-refractivity contribution in [1.29, 1.82) is 0 Å². The summed E-state index contributed by atoms with van der Waals surface area (Å²) in [6.07, 6.45) is 2.64. The first-order chi connectivity index (χ1) is 15.0. The van der Waals surface area contributed by atoms with Crippen molar-refractivity contribution in [2.45, 2.75) is 19.4 Å². The number of amides is 2. The Morgan fingerprint density at radius 1 is 1.29 bits per heavy atom. The standard InChI is InChI=1S/C22H28Cl2N4O3/c1-3-10-28-18(14-27-11-5-8-25-9-12-27)19(21(29)31-4-2)20(26-22(28)30)15-6-7-16(23)17(24)13-15/h3,6-7,13,20,25H,1,4-5,8-12,14H2,2H3,(H,26,30). The molecule has 1 unspecified atom stereocenters. The molecule has 9 heteroatoms. The molecule has 1 saturated heterocycles. The first-order valence-corrected chi connectivity index (χ1v) is 11.2. The number of esters is 1. The van der Waals surface area contributed by atoms with E-state index >= 15 is 0 Å². The highest BCUT2D eigenvalue weighted by Gasteiger charge is 2.38. The highest BCUT2D eigenvalue weighted by Crippen LogP contribution is 2.34. The third-order valence-electron chi connectivity index (χ3n) is 5.33.